The lowest BCUT2D eigenvalue weighted by atomic mass is 10.1. The average Bonchev–Trinajstić information content (AvgIpc) is 2.87. The SMILES string of the molecule is COc1cc(C(=O)NN=Cc2c(O)n(-c3ccccc3Cl)c(=O)c3ccccc23)ccc1OC(C)C. The van der Waals surface area contributed by atoms with Crippen LogP contribution in [0.15, 0.2) is 76.6 Å². The highest BCUT2D eigenvalue weighted by atomic mass is 35.5. The number of ether oxygens (including phenoxy) is 2. The number of hydrogen-bond acceptors (Lipinski definition) is 6. The zero-order valence-electron chi connectivity index (χ0n) is 19.9. The van der Waals surface area contributed by atoms with Gasteiger partial charge in [-0.25, -0.2) is 9.99 Å². The second-order valence-electron chi connectivity index (χ2n) is 8.11. The van der Waals surface area contributed by atoms with Crippen LogP contribution >= 0.6 is 11.6 Å². The summed E-state index contributed by atoms with van der Waals surface area (Å²) in [4.78, 5) is 25.9. The first-order chi connectivity index (χ1) is 17.3. The Morgan fingerprint density at radius 3 is 2.44 bits per heavy atom. The Kier molecular flexibility index (Phi) is 7.26. The van der Waals surface area contributed by atoms with Gasteiger partial charge >= 0.3 is 0 Å². The number of methoxy groups -OCH3 is 1. The number of para-hydroxylation sites is 1. The van der Waals surface area contributed by atoms with Crippen molar-refractivity contribution in [2.24, 2.45) is 5.10 Å². The van der Waals surface area contributed by atoms with Gasteiger partial charge in [0.25, 0.3) is 11.5 Å². The smallest absolute Gasteiger partial charge is 0.271 e. The number of carbonyl (C=O) groups excluding carboxylic acids is 1. The molecule has 0 radical (unpaired) electrons. The summed E-state index contributed by atoms with van der Waals surface area (Å²) in [5.41, 5.74) is 2.87. The molecule has 0 aliphatic rings. The molecule has 3 aromatic carbocycles. The van der Waals surface area contributed by atoms with Gasteiger partial charge in [-0.1, -0.05) is 41.9 Å². The van der Waals surface area contributed by atoms with E-state index in [4.69, 9.17) is 21.1 Å². The summed E-state index contributed by atoms with van der Waals surface area (Å²) in [5.74, 6) is 0.0760. The molecule has 9 heteroatoms. The number of nitrogens with one attached hydrogen (secondary N) is 1. The van der Waals surface area contributed by atoms with Gasteiger partial charge in [-0.05, 0) is 50.2 Å². The number of rotatable bonds is 7. The van der Waals surface area contributed by atoms with E-state index in [0.29, 0.717) is 38.5 Å². The molecule has 0 saturated carbocycles. The van der Waals surface area contributed by atoms with Crippen molar-refractivity contribution in [3.63, 3.8) is 0 Å². The van der Waals surface area contributed by atoms with Crippen LogP contribution in [0.3, 0.4) is 0 Å². The van der Waals surface area contributed by atoms with Crippen LogP contribution in [0.4, 0.5) is 0 Å². The number of aromatic hydroxyl groups is 1. The molecule has 0 unspecified atom stereocenters. The molecule has 184 valence electrons. The van der Waals surface area contributed by atoms with E-state index in [2.05, 4.69) is 10.5 Å². The van der Waals surface area contributed by atoms with Gasteiger partial charge in [0.15, 0.2) is 11.5 Å². The fourth-order valence-electron chi connectivity index (χ4n) is 3.73. The standard InChI is InChI=1S/C27H24ClN3O5/c1-16(2)36-23-13-12-17(14-24(23)35-3)25(32)30-29-15-20-18-8-4-5-9-19(18)26(33)31(27(20)34)22-11-7-6-10-21(22)28/h4-16,34H,1-3H3,(H,30,32). The van der Waals surface area contributed by atoms with Gasteiger partial charge in [0.1, 0.15) is 0 Å². The molecular formula is C27H24ClN3O5. The predicted octanol–water partition coefficient (Wildman–Crippen LogP) is 4.91. The summed E-state index contributed by atoms with van der Waals surface area (Å²) in [5, 5.41) is 16.2. The molecule has 0 atom stereocenters. The van der Waals surface area contributed by atoms with E-state index >= 15 is 0 Å². The third-order valence-electron chi connectivity index (χ3n) is 5.35. The van der Waals surface area contributed by atoms with Crippen LogP contribution in [-0.2, 0) is 0 Å². The van der Waals surface area contributed by atoms with E-state index < -0.39 is 11.5 Å². The van der Waals surface area contributed by atoms with Crippen LogP contribution in [0.5, 0.6) is 17.4 Å². The van der Waals surface area contributed by atoms with Gasteiger partial charge in [0.2, 0.25) is 5.88 Å². The van der Waals surface area contributed by atoms with Gasteiger partial charge in [0, 0.05) is 16.3 Å². The highest BCUT2D eigenvalue weighted by Gasteiger charge is 2.18. The molecule has 1 heterocycles. The molecule has 0 fully saturated rings. The summed E-state index contributed by atoms with van der Waals surface area (Å²) in [6.45, 7) is 3.78. The van der Waals surface area contributed by atoms with Crippen LogP contribution in [0.25, 0.3) is 16.5 Å². The largest absolute Gasteiger partial charge is 0.494 e. The lowest BCUT2D eigenvalue weighted by Crippen LogP contribution is -2.21. The lowest BCUT2D eigenvalue weighted by Gasteiger charge is -2.15. The minimum Gasteiger partial charge on any atom is -0.494 e. The van der Waals surface area contributed by atoms with Crippen molar-refractivity contribution in [1.29, 1.82) is 0 Å². The number of hydrazone groups is 1. The van der Waals surface area contributed by atoms with Gasteiger partial charge in [-0.15, -0.1) is 0 Å². The van der Waals surface area contributed by atoms with Gasteiger partial charge in [-0.2, -0.15) is 5.10 Å². The van der Waals surface area contributed by atoms with Crippen molar-refractivity contribution < 1.29 is 19.4 Å². The fraction of sp³-hybridized carbons (Fsp3) is 0.148. The molecule has 2 N–H and O–H groups in total. The predicted molar refractivity (Wildman–Crippen MR) is 140 cm³/mol. The molecule has 4 rings (SSSR count). The van der Waals surface area contributed by atoms with Crippen LogP contribution in [0.2, 0.25) is 5.02 Å². The zero-order chi connectivity index (χ0) is 25.8. The molecule has 0 aliphatic heterocycles. The number of halogens is 1. The van der Waals surface area contributed by atoms with Gasteiger partial charge < -0.3 is 14.6 Å². The maximum atomic E-state index is 13.2. The second kappa shape index (κ2) is 10.5. The van der Waals surface area contributed by atoms with Crippen LogP contribution in [-0.4, -0.2) is 35.0 Å². The maximum Gasteiger partial charge on any atom is 0.271 e. The average molecular weight is 506 g/mol. The number of aromatic nitrogens is 1. The Bertz CT molecular complexity index is 1530. The molecular weight excluding hydrogens is 482 g/mol. The quantitative estimate of drug-likeness (QED) is 0.274. The van der Waals surface area contributed by atoms with Gasteiger partial charge in [-0.3, -0.25) is 9.59 Å². The highest BCUT2D eigenvalue weighted by Crippen LogP contribution is 2.30. The first-order valence-corrected chi connectivity index (χ1v) is 11.5. The number of nitrogens with zero attached hydrogens (tertiary/aromatic N) is 2. The highest BCUT2D eigenvalue weighted by molar-refractivity contribution is 6.32. The summed E-state index contributed by atoms with van der Waals surface area (Å²) >= 11 is 6.30. The number of pyridine rings is 1. The normalized spacial score (nSPS) is 11.2. The number of hydrogen-bond donors (Lipinski definition) is 2. The van der Waals surface area contributed by atoms with Crippen molar-refractivity contribution in [2.75, 3.05) is 7.11 Å². The maximum absolute atomic E-state index is 13.2. The number of fused-ring (bicyclic) bond motifs is 1. The summed E-state index contributed by atoms with van der Waals surface area (Å²) in [7, 11) is 1.49. The van der Waals surface area contributed by atoms with Crippen molar-refractivity contribution in [1.82, 2.24) is 9.99 Å². The van der Waals surface area contributed by atoms with E-state index in [0.717, 1.165) is 4.57 Å². The Balaban J connectivity index is 1.70. The molecule has 0 spiro atoms. The lowest BCUT2D eigenvalue weighted by molar-refractivity contribution is 0.0954. The molecule has 36 heavy (non-hydrogen) atoms. The van der Waals surface area contributed by atoms with E-state index in [1.807, 2.05) is 13.8 Å². The van der Waals surface area contributed by atoms with E-state index in [1.54, 1.807) is 66.7 Å². The van der Waals surface area contributed by atoms with E-state index in [-0.39, 0.29) is 17.5 Å². The fourth-order valence-corrected chi connectivity index (χ4v) is 3.95. The number of amides is 1. The van der Waals surface area contributed by atoms with Crippen molar-refractivity contribution >= 4 is 34.5 Å². The zero-order valence-corrected chi connectivity index (χ0v) is 20.6. The third kappa shape index (κ3) is 4.89. The Morgan fingerprint density at radius 1 is 1.06 bits per heavy atom. The van der Waals surface area contributed by atoms with Crippen molar-refractivity contribution in [2.45, 2.75) is 20.0 Å². The van der Waals surface area contributed by atoms with Crippen LogP contribution < -0.4 is 20.5 Å². The molecule has 1 amide bonds. The topological polar surface area (TPSA) is 102 Å². The number of benzene rings is 3. The third-order valence-corrected chi connectivity index (χ3v) is 5.66. The minimum atomic E-state index is -0.496. The summed E-state index contributed by atoms with van der Waals surface area (Å²) < 4.78 is 12.1. The monoisotopic (exact) mass is 505 g/mol. The Labute approximate surface area is 212 Å². The first kappa shape index (κ1) is 24.8. The Hall–Kier alpha value is -4.30. The molecule has 0 saturated heterocycles. The molecule has 8 nitrogen and oxygen atoms in total. The van der Waals surface area contributed by atoms with E-state index in [9.17, 15) is 14.7 Å². The first-order valence-electron chi connectivity index (χ1n) is 11.1. The van der Waals surface area contributed by atoms with Crippen molar-refractivity contribution in [3.05, 3.63) is 93.2 Å². The number of carbonyl (C=O) groups is 1. The summed E-state index contributed by atoms with van der Waals surface area (Å²) in [6.07, 6.45) is 1.23. The van der Waals surface area contributed by atoms with Crippen LogP contribution in [0.1, 0.15) is 29.8 Å². The molecule has 1 aromatic heterocycles. The molecule has 0 bridgehead atoms. The summed E-state index contributed by atoms with van der Waals surface area (Å²) in [6, 6.07) is 18.3. The molecule has 4 aromatic rings. The Morgan fingerprint density at radius 2 is 1.75 bits per heavy atom. The minimum absolute atomic E-state index is 0.0558. The van der Waals surface area contributed by atoms with Crippen molar-refractivity contribution in [3.8, 4) is 23.1 Å². The van der Waals surface area contributed by atoms with E-state index in [1.165, 1.54) is 13.3 Å². The van der Waals surface area contributed by atoms with Gasteiger partial charge in [0.05, 0.1) is 35.7 Å². The second-order valence-corrected chi connectivity index (χ2v) is 8.51. The van der Waals surface area contributed by atoms with Crippen LogP contribution in [0, 0.1) is 0 Å². The molecule has 0 aliphatic carbocycles.